The predicted molar refractivity (Wildman–Crippen MR) is 108 cm³/mol. The fourth-order valence-corrected chi connectivity index (χ4v) is 2.85. The first kappa shape index (κ1) is 23.7. The summed E-state index contributed by atoms with van der Waals surface area (Å²) in [6, 6.07) is 8.66. The largest absolute Gasteiger partial charge is 0.493 e. The van der Waals surface area contributed by atoms with E-state index in [-0.39, 0.29) is 29.4 Å². The second kappa shape index (κ2) is 9.24. The van der Waals surface area contributed by atoms with Crippen molar-refractivity contribution in [3.8, 4) is 11.1 Å². The third-order valence-corrected chi connectivity index (χ3v) is 4.47. The highest BCUT2D eigenvalue weighted by atomic mass is 19.4. The van der Waals surface area contributed by atoms with E-state index in [1.165, 1.54) is 34.9 Å². The first-order valence-electron chi connectivity index (χ1n) is 9.33. The Morgan fingerprint density at radius 3 is 2.33 bits per heavy atom. The Morgan fingerprint density at radius 2 is 1.79 bits per heavy atom. The third kappa shape index (κ3) is 5.09. The van der Waals surface area contributed by atoms with Crippen LogP contribution in [0.25, 0.3) is 16.8 Å². The molecule has 9 nitrogen and oxygen atoms in total. The van der Waals surface area contributed by atoms with E-state index in [4.69, 9.17) is 5.73 Å². The van der Waals surface area contributed by atoms with Crippen LogP contribution in [-0.2, 0) is 21.0 Å². The Bertz CT molecular complexity index is 1280. The molecule has 1 aromatic carbocycles. The number of carbonyl (C=O) groups excluding carboxylic acids is 2. The normalized spacial score (nSPS) is 12.1. The van der Waals surface area contributed by atoms with E-state index in [9.17, 15) is 31.9 Å². The lowest BCUT2D eigenvalue weighted by molar-refractivity contribution is -0.201. The van der Waals surface area contributed by atoms with Gasteiger partial charge in [-0.15, -0.1) is 10.2 Å². The summed E-state index contributed by atoms with van der Waals surface area (Å²) in [5, 5.41) is 4.33. The molecule has 174 valence electrons. The summed E-state index contributed by atoms with van der Waals surface area (Å²) in [6.07, 6.45) is -3.48. The number of aromatic nitrogens is 3. The van der Waals surface area contributed by atoms with Gasteiger partial charge in [0.1, 0.15) is 0 Å². The van der Waals surface area contributed by atoms with Crippen LogP contribution in [0.3, 0.4) is 0 Å². The van der Waals surface area contributed by atoms with Gasteiger partial charge >= 0.3 is 17.8 Å². The Kier molecular flexibility index (Phi) is 6.62. The number of fused-ring (bicyclic) bond motifs is 1. The Morgan fingerprint density at radius 1 is 1.15 bits per heavy atom. The molecular formula is C20H17F4N5O4. The van der Waals surface area contributed by atoms with Crippen LogP contribution in [0.2, 0.25) is 0 Å². The van der Waals surface area contributed by atoms with E-state index < -0.39 is 23.7 Å². The molecule has 33 heavy (non-hydrogen) atoms. The van der Waals surface area contributed by atoms with Crippen molar-refractivity contribution in [3.63, 3.8) is 0 Å². The van der Waals surface area contributed by atoms with Gasteiger partial charge in [-0.25, -0.2) is 23.1 Å². The molecule has 0 fully saturated rings. The van der Waals surface area contributed by atoms with E-state index in [2.05, 4.69) is 9.94 Å². The van der Waals surface area contributed by atoms with Crippen LogP contribution in [0.4, 0.5) is 23.2 Å². The first-order chi connectivity index (χ1) is 15.5. The zero-order chi connectivity index (χ0) is 24.3. The molecule has 2 aromatic heterocycles. The average Bonchev–Trinajstić information content (AvgIpc) is 3.09. The summed E-state index contributed by atoms with van der Waals surface area (Å²) in [5.41, 5.74) is 6.33. The molecule has 0 unspecified atom stereocenters. The summed E-state index contributed by atoms with van der Waals surface area (Å²) >= 11 is 0. The van der Waals surface area contributed by atoms with E-state index >= 15 is 0 Å². The van der Waals surface area contributed by atoms with Gasteiger partial charge in [0.05, 0.1) is 18.6 Å². The first-order valence-corrected chi connectivity index (χ1v) is 9.33. The molecule has 0 saturated heterocycles. The van der Waals surface area contributed by atoms with Crippen molar-refractivity contribution < 1.29 is 32.0 Å². The van der Waals surface area contributed by atoms with Gasteiger partial charge in [0.25, 0.3) is 5.91 Å². The SMILES string of the molecule is CC(=O)N(OC(=O)C(F)(F)F)c1ccc(-c2ccc3nn(C/C(=C/F)CN)c(=O)n3c2)cc1. The quantitative estimate of drug-likeness (QED) is 0.456. The van der Waals surface area contributed by atoms with Crippen LogP contribution in [0.1, 0.15) is 6.92 Å². The predicted octanol–water partition coefficient (Wildman–Crippen LogP) is 2.35. The van der Waals surface area contributed by atoms with Gasteiger partial charge in [-0.3, -0.25) is 4.79 Å². The van der Waals surface area contributed by atoms with Crippen molar-refractivity contribution in [2.75, 3.05) is 11.6 Å². The maximum atomic E-state index is 12.8. The number of amides is 1. The van der Waals surface area contributed by atoms with Crippen molar-refractivity contribution in [1.29, 1.82) is 0 Å². The number of hydroxylamine groups is 1. The third-order valence-electron chi connectivity index (χ3n) is 4.47. The molecule has 0 saturated carbocycles. The van der Waals surface area contributed by atoms with Gasteiger partial charge in [0.15, 0.2) is 5.65 Å². The minimum Gasteiger partial charge on any atom is -0.327 e. The standard InChI is InChI=1S/C20H17F4N5O4/c1-12(30)29(33-18(31)20(22,23)24)16-5-2-14(3-6-16)15-4-7-17-26-28(10-13(8-21)9-25)19(32)27(17)11-15/h2-8,11H,9-10,25H2,1H3/b13-8+. The highest BCUT2D eigenvalue weighted by Crippen LogP contribution is 2.25. The molecule has 2 N–H and O–H groups in total. The molecule has 0 aliphatic heterocycles. The number of hydrogen-bond acceptors (Lipinski definition) is 6. The van der Waals surface area contributed by atoms with E-state index in [0.29, 0.717) is 23.1 Å². The maximum Gasteiger partial charge on any atom is 0.493 e. The van der Waals surface area contributed by atoms with Crippen molar-refractivity contribution in [2.24, 2.45) is 5.73 Å². The highest BCUT2D eigenvalue weighted by Gasteiger charge is 2.43. The molecule has 1 amide bonds. The van der Waals surface area contributed by atoms with E-state index in [1.54, 1.807) is 12.1 Å². The summed E-state index contributed by atoms with van der Waals surface area (Å²) in [4.78, 5) is 39.5. The molecular weight excluding hydrogens is 450 g/mol. The van der Waals surface area contributed by atoms with Crippen LogP contribution in [-0.4, -0.2) is 38.8 Å². The fourth-order valence-electron chi connectivity index (χ4n) is 2.85. The number of pyridine rings is 1. The van der Waals surface area contributed by atoms with Gasteiger partial charge in [-0.2, -0.15) is 13.2 Å². The van der Waals surface area contributed by atoms with Gasteiger partial charge in [-0.1, -0.05) is 12.1 Å². The average molecular weight is 467 g/mol. The van der Waals surface area contributed by atoms with E-state index in [0.717, 1.165) is 11.6 Å². The number of anilines is 1. The van der Waals surface area contributed by atoms with Crippen molar-refractivity contribution in [1.82, 2.24) is 14.2 Å². The molecule has 2 heterocycles. The summed E-state index contributed by atoms with van der Waals surface area (Å²) < 4.78 is 52.5. The molecule has 0 aliphatic carbocycles. The Labute approximate surface area is 183 Å². The lowest BCUT2D eigenvalue weighted by Gasteiger charge is -2.20. The van der Waals surface area contributed by atoms with Crippen molar-refractivity contribution >= 4 is 23.2 Å². The fraction of sp³-hybridized carbons (Fsp3) is 0.200. The molecule has 3 aromatic rings. The number of nitrogens with two attached hydrogens (primary N) is 1. The number of nitrogens with zero attached hydrogens (tertiary/aromatic N) is 4. The number of halogens is 4. The topological polar surface area (TPSA) is 112 Å². The van der Waals surface area contributed by atoms with Crippen LogP contribution < -0.4 is 16.5 Å². The smallest absolute Gasteiger partial charge is 0.327 e. The Balaban J connectivity index is 1.90. The minimum atomic E-state index is -5.27. The second-order valence-corrected chi connectivity index (χ2v) is 6.79. The lowest BCUT2D eigenvalue weighted by atomic mass is 10.1. The molecule has 13 heteroatoms. The monoisotopic (exact) mass is 467 g/mol. The van der Waals surface area contributed by atoms with Crippen molar-refractivity contribution in [3.05, 3.63) is 65.0 Å². The zero-order valence-electron chi connectivity index (χ0n) is 17.0. The van der Waals surface area contributed by atoms with Gasteiger partial charge in [-0.05, 0) is 41.0 Å². The molecule has 0 radical (unpaired) electrons. The summed E-state index contributed by atoms with van der Waals surface area (Å²) in [7, 11) is 0. The summed E-state index contributed by atoms with van der Waals surface area (Å²) in [5.74, 6) is -3.48. The maximum absolute atomic E-state index is 12.8. The van der Waals surface area contributed by atoms with Crippen LogP contribution >= 0.6 is 0 Å². The number of benzene rings is 1. The lowest BCUT2D eigenvalue weighted by Crippen LogP contribution is -2.37. The number of alkyl halides is 3. The highest BCUT2D eigenvalue weighted by molar-refractivity contribution is 5.92. The minimum absolute atomic E-state index is 0.0794. The Hall–Kier alpha value is -4.00. The molecule has 0 aliphatic rings. The molecule has 0 spiro atoms. The van der Waals surface area contributed by atoms with Crippen LogP contribution in [0.5, 0.6) is 0 Å². The number of hydrogen-bond donors (Lipinski definition) is 1. The second-order valence-electron chi connectivity index (χ2n) is 6.79. The zero-order valence-corrected chi connectivity index (χ0v) is 17.0. The van der Waals surface area contributed by atoms with E-state index in [1.807, 2.05) is 0 Å². The van der Waals surface area contributed by atoms with Crippen molar-refractivity contribution in [2.45, 2.75) is 19.6 Å². The molecule has 0 bridgehead atoms. The van der Waals surface area contributed by atoms with Crippen LogP contribution in [0, 0.1) is 0 Å². The number of carbonyl (C=O) groups is 2. The molecule has 0 atom stereocenters. The molecule has 3 rings (SSSR count). The number of rotatable bonds is 5. The van der Waals surface area contributed by atoms with Crippen LogP contribution in [0.15, 0.2) is 59.3 Å². The van der Waals surface area contributed by atoms with Gasteiger partial charge < -0.3 is 10.6 Å². The van der Waals surface area contributed by atoms with Gasteiger partial charge in [0, 0.05) is 19.7 Å². The van der Waals surface area contributed by atoms with Gasteiger partial charge in [0.2, 0.25) is 0 Å². The summed E-state index contributed by atoms with van der Waals surface area (Å²) in [6.45, 7) is 0.739.